The maximum atomic E-state index is 11.5. The van der Waals surface area contributed by atoms with Gasteiger partial charge in [-0.3, -0.25) is 9.59 Å². The van der Waals surface area contributed by atoms with Crippen molar-refractivity contribution in [3.63, 3.8) is 0 Å². The zero-order valence-electron chi connectivity index (χ0n) is 11.7. The summed E-state index contributed by atoms with van der Waals surface area (Å²) in [5.74, 6) is -0.398. The molecule has 1 aromatic rings. The monoisotopic (exact) mass is 293 g/mol. The van der Waals surface area contributed by atoms with Crippen LogP contribution in [-0.2, 0) is 14.3 Å². The average molecular weight is 293 g/mol. The van der Waals surface area contributed by atoms with Crippen molar-refractivity contribution in [3.8, 4) is 5.75 Å². The highest BCUT2D eigenvalue weighted by Gasteiger charge is 2.50. The Kier molecular flexibility index (Phi) is 5.16. The molecular formula is C15H19NO5. The first kappa shape index (κ1) is 15.3. The average Bonchev–Trinajstić information content (AvgIpc) is 3.27. The number of aliphatic carboxylic acids is 1. The normalized spacial score (nSPS) is 15.2. The van der Waals surface area contributed by atoms with Crippen molar-refractivity contribution in [2.45, 2.75) is 12.8 Å². The first-order chi connectivity index (χ1) is 10.1. The van der Waals surface area contributed by atoms with Crippen molar-refractivity contribution in [2.24, 2.45) is 5.41 Å². The molecule has 1 aromatic carbocycles. The highest BCUT2D eigenvalue weighted by Crippen LogP contribution is 2.45. The molecule has 1 aliphatic carbocycles. The van der Waals surface area contributed by atoms with Crippen LogP contribution in [0.4, 0.5) is 0 Å². The number of carbonyl (C=O) groups is 2. The molecule has 1 amide bonds. The van der Waals surface area contributed by atoms with E-state index in [1.165, 1.54) is 0 Å². The molecule has 0 radical (unpaired) electrons. The Morgan fingerprint density at radius 1 is 1.19 bits per heavy atom. The van der Waals surface area contributed by atoms with E-state index in [2.05, 4.69) is 5.32 Å². The second-order valence-electron chi connectivity index (χ2n) is 5.08. The zero-order valence-corrected chi connectivity index (χ0v) is 11.7. The zero-order chi connectivity index (χ0) is 15.1. The fraction of sp³-hybridized carbons (Fsp3) is 0.467. The lowest BCUT2D eigenvalue weighted by Gasteiger charge is -2.11. The van der Waals surface area contributed by atoms with E-state index in [1.807, 2.05) is 30.3 Å². The fourth-order valence-electron chi connectivity index (χ4n) is 1.84. The van der Waals surface area contributed by atoms with Crippen LogP contribution in [0, 0.1) is 5.41 Å². The Labute approximate surface area is 123 Å². The van der Waals surface area contributed by atoms with E-state index >= 15 is 0 Å². The second kappa shape index (κ2) is 7.08. The van der Waals surface area contributed by atoms with Crippen molar-refractivity contribution in [1.82, 2.24) is 5.32 Å². The molecule has 1 aliphatic rings. The number of hydrogen-bond acceptors (Lipinski definition) is 4. The number of benzene rings is 1. The number of carbonyl (C=O) groups excluding carboxylic acids is 1. The Morgan fingerprint density at radius 2 is 1.90 bits per heavy atom. The van der Waals surface area contributed by atoms with Crippen LogP contribution in [0.3, 0.4) is 0 Å². The SMILES string of the molecule is O=C(COCCOc1ccccc1)NCC1(C(=O)O)CC1. The molecule has 2 N–H and O–H groups in total. The minimum Gasteiger partial charge on any atom is -0.491 e. The van der Waals surface area contributed by atoms with Gasteiger partial charge in [0.15, 0.2) is 0 Å². The van der Waals surface area contributed by atoms with Gasteiger partial charge in [0.1, 0.15) is 19.0 Å². The van der Waals surface area contributed by atoms with Crippen LogP contribution >= 0.6 is 0 Å². The minimum atomic E-state index is -0.847. The molecule has 0 spiro atoms. The standard InChI is InChI=1S/C15H19NO5/c17-13(16-11-15(6-7-15)14(18)19)10-20-8-9-21-12-4-2-1-3-5-12/h1-5H,6-11H2,(H,16,17)(H,18,19). The number of carboxylic acid groups (broad SMARTS) is 1. The molecule has 2 rings (SSSR count). The molecule has 0 heterocycles. The van der Waals surface area contributed by atoms with Crippen LogP contribution in [0.25, 0.3) is 0 Å². The van der Waals surface area contributed by atoms with Gasteiger partial charge in [0, 0.05) is 6.54 Å². The summed E-state index contributed by atoms with van der Waals surface area (Å²) in [6.45, 7) is 0.738. The quantitative estimate of drug-likeness (QED) is 0.665. The van der Waals surface area contributed by atoms with Crippen LogP contribution in [-0.4, -0.2) is 43.3 Å². The predicted molar refractivity (Wildman–Crippen MR) is 75.1 cm³/mol. The number of amides is 1. The number of para-hydroxylation sites is 1. The third-order valence-corrected chi connectivity index (χ3v) is 3.40. The summed E-state index contributed by atoms with van der Waals surface area (Å²) in [5.41, 5.74) is -0.744. The lowest BCUT2D eigenvalue weighted by Crippen LogP contribution is -2.36. The first-order valence-corrected chi connectivity index (χ1v) is 6.88. The van der Waals surface area contributed by atoms with Gasteiger partial charge in [-0.25, -0.2) is 0 Å². The van der Waals surface area contributed by atoms with Gasteiger partial charge in [0.25, 0.3) is 0 Å². The van der Waals surface area contributed by atoms with Crippen molar-refractivity contribution < 1.29 is 24.2 Å². The molecule has 6 nitrogen and oxygen atoms in total. The summed E-state index contributed by atoms with van der Waals surface area (Å²) in [4.78, 5) is 22.4. The summed E-state index contributed by atoms with van der Waals surface area (Å²) in [6.07, 6.45) is 1.24. The predicted octanol–water partition coefficient (Wildman–Crippen LogP) is 1.06. The van der Waals surface area contributed by atoms with Crippen LogP contribution in [0.2, 0.25) is 0 Å². The highest BCUT2D eigenvalue weighted by atomic mass is 16.5. The third kappa shape index (κ3) is 4.75. The van der Waals surface area contributed by atoms with E-state index in [4.69, 9.17) is 14.6 Å². The summed E-state index contributed by atoms with van der Waals surface area (Å²) in [5, 5.41) is 11.6. The number of ether oxygens (including phenoxy) is 2. The van der Waals surface area contributed by atoms with Gasteiger partial charge in [0.05, 0.1) is 12.0 Å². The van der Waals surface area contributed by atoms with Gasteiger partial charge < -0.3 is 19.9 Å². The van der Waals surface area contributed by atoms with Crippen LogP contribution in [0.15, 0.2) is 30.3 Å². The number of hydrogen-bond donors (Lipinski definition) is 2. The fourth-order valence-corrected chi connectivity index (χ4v) is 1.84. The van der Waals surface area contributed by atoms with E-state index in [9.17, 15) is 9.59 Å². The Morgan fingerprint density at radius 3 is 2.52 bits per heavy atom. The summed E-state index contributed by atoms with van der Waals surface area (Å²) >= 11 is 0. The summed E-state index contributed by atoms with van der Waals surface area (Å²) in [6, 6.07) is 9.33. The summed E-state index contributed by atoms with van der Waals surface area (Å²) in [7, 11) is 0. The Balaban J connectivity index is 1.53. The number of rotatable bonds is 9. The van der Waals surface area contributed by atoms with Crippen LogP contribution in [0.1, 0.15) is 12.8 Å². The van der Waals surface area contributed by atoms with E-state index in [-0.39, 0.29) is 19.1 Å². The van der Waals surface area contributed by atoms with Crippen molar-refractivity contribution in [1.29, 1.82) is 0 Å². The lowest BCUT2D eigenvalue weighted by atomic mass is 10.1. The van der Waals surface area contributed by atoms with Gasteiger partial charge in [-0.15, -0.1) is 0 Å². The molecule has 1 fully saturated rings. The van der Waals surface area contributed by atoms with Crippen molar-refractivity contribution in [3.05, 3.63) is 30.3 Å². The third-order valence-electron chi connectivity index (χ3n) is 3.40. The summed E-state index contributed by atoms with van der Waals surface area (Å²) < 4.78 is 10.6. The molecule has 0 unspecified atom stereocenters. The largest absolute Gasteiger partial charge is 0.491 e. The van der Waals surface area contributed by atoms with Crippen LogP contribution < -0.4 is 10.1 Å². The molecule has 21 heavy (non-hydrogen) atoms. The van der Waals surface area contributed by atoms with Gasteiger partial charge in [-0.1, -0.05) is 18.2 Å². The molecule has 0 aromatic heterocycles. The molecule has 0 bridgehead atoms. The topological polar surface area (TPSA) is 84.9 Å². The molecule has 0 saturated heterocycles. The maximum Gasteiger partial charge on any atom is 0.311 e. The van der Waals surface area contributed by atoms with E-state index in [0.29, 0.717) is 26.1 Å². The molecule has 6 heteroatoms. The van der Waals surface area contributed by atoms with Crippen molar-refractivity contribution in [2.75, 3.05) is 26.4 Å². The Hall–Kier alpha value is -2.08. The molecule has 0 atom stereocenters. The Bertz CT molecular complexity index is 484. The van der Waals surface area contributed by atoms with Crippen molar-refractivity contribution >= 4 is 11.9 Å². The molecule has 0 aliphatic heterocycles. The number of nitrogens with one attached hydrogen (secondary N) is 1. The van der Waals surface area contributed by atoms with E-state index in [0.717, 1.165) is 5.75 Å². The highest BCUT2D eigenvalue weighted by molar-refractivity contribution is 5.81. The van der Waals surface area contributed by atoms with E-state index in [1.54, 1.807) is 0 Å². The molecule has 114 valence electrons. The molecular weight excluding hydrogens is 274 g/mol. The number of carboxylic acids is 1. The van der Waals surface area contributed by atoms with Gasteiger partial charge >= 0.3 is 5.97 Å². The molecule has 1 saturated carbocycles. The van der Waals surface area contributed by atoms with Crippen LogP contribution in [0.5, 0.6) is 5.75 Å². The smallest absolute Gasteiger partial charge is 0.311 e. The lowest BCUT2D eigenvalue weighted by molar-refractivity contribution is -0.143. The maximum absolute atomic E-state index is 11.5. The van der Waals surface area contributed by atoms with E-state index < -0.39 is 11.4 Å². The first-order valence-electron chi connectivity index (χ1n) is 6.88. The van der Waals surface area contributed by atoms with Gasteiger partial charge in [0.2, 0.25) is 5.91 Å². The van der Waals surface area contributed by atoms with Gasteiger partial charge in [-0.05, 0) is 25.0 Å². The van der Waals surface area contributed by atoms with Gasteiger partial charge in [-0.2, -0.15) is 0 Å². The second-order valence-corrected chi connectivity index (χ2v) is 5.08. The minimum absolute atomic E-state index is 0.0894.